The van der Waals surface area contributed by atoms with Crippen molar-refractivity contribution in [3.8, 4) is 0 Å². The van der Waals surface area contributed by atoms with Crippen LogP contribution in [0, 0.1) is 5.41 Å². The molecule has 0 radical (unpaired) electrons. The quantitative estimate of drug-likeness (QED) is 0.731. The molecule has 0 spiro atoms. The van der Waals surface area contributed by atoms with Crippen LogP contribution in [0.5, 0.6) is 0 Å². The fourth-order valence-corrected chi connectivity index (χ4v) is 3.36. The van der Waals surface area contributed by atoms with E-state index in [1.807, 2.05) is 0 Å². The molecule has 0 aromatic heterocycles. The molecule has 0 fully saturated rings. The highest BCUT2D eigenvalue weighted by Gasteiger charge is 2.24. The molecule has 1 aliphatic rings. The number of rotatable bonds is 1. The summed E-state index contributed by atoms with van der Waals surface area (Å²) in [5.41, 5.74) is 5.39. The second-order valence-electron chi connectivity index (χ2n) is 8.53. The zero-order valence-corrected chi connectivity index (χ0v) is 14.2. The third kappa shape index (κ3) is 3.85. The summed E-state index contributed by atoms with van der Waals surface area (Å²) < 4.78 is 0. The summed E-state index contributed by atoms with van der Waals surface area (Å²) in [4.78, 5) is 2.65. The standard InChI is InChI=1S/C19H31N/c1-18(2,3)14-20-12-10-15-8-7-9-17(19(4,5)6)16(15)11-13-20/h7-9H,10-14H2,1-6H3. The van der Waals surface area contributed by atoms with Crippen molar-refractivity contribution in [2.45, 2.75) is 59.8 Å². The zero-order chi connectivity index (χ0) is 15.0. The van der Waals surface area contributed by atoms with Crippen molar-refractivity contribution in [2.75, 3.05) is 19.6 Å². The van der Waals surface area contributed by atoms with Gasteiger partial charge in [-0.05, 0) is 40.4 Å². The molecule has 0 N–H and O–H groups in total. The molecule has 2 rings (SSSR count). The highest BCUT2D eigenvalue weighted by atomic mass is 15.1. The van der Waals surface area contributed by atoms with Gasteiger partial charge in [-0.1, -0.05) is 59.7 Å². The predicted molar refractivity (Wildman–Crippen MR) is 88.4 cm³/mol. The largest absolute Gasteiger partial charge is 0.302 e. The molecule has 1 heteroatoms. The summed E-state index contributed by atoms with van der Waals surface area (Å²) in [6.07, 6.45) is 2.41. The van der Waals surface area contributed by atoms with Gasteiger partial charge in [0.1, 0.15) is 0 Å². The van der Waals surface area contributed by atoms with Crippen LogP contribution in [0.3, 0.4) is 0 Å². The Labute approximate surface area is 125 Å². The fraction of sp³-hybridized carbons (Fsp3) is 0.684. The van der Waals surface area contributed by atoms with E-state index < -0.39 is 0 Å². The van der Waals surface area contributed by atoms with E-state index in [4.69, 9.17) is 0 Å². The van der Waals surface area contributed by atoms with Crippen LogP contribution in [0.15, 0.2) is 18.2 Å². The van der Waals surface area contributed by atoms with Crippen LogP contribution in [-0.4, -0.2) is 24.5 Å². The summed E-state index contributed by atoms with van der Waals surface area (Å²) >= 11 is 0. The van der Waals surface area contributed by atoms with Gasteiger partial charge in [0.15, 0.2) is 0 Å². The Hall–Kier alpha value is -0.820. The molecular weight excluding hydrogens is 242 g/mol. The lowest BCUT2D eigenvalue weighted by molar-refractivity contribution is 0.198. The van der Waals surface area contributed by atoms with Crippen molar-refractivity contribution in [1.29, 1.82) is 0 Å². The molecule has 0 saturated heterocycles. The second-order valence-corrected chi connectivity index (χ2v) is 8.53. The van der Waals surface area contributed by atoms with E-state index in [1.165, 1.54) is 32.5 Å². The Morgan fingerprint density at radius 2 is 1.60 bits per heavy atom. The third-order valence-corrected chi connectivity index (χ3v) is 4.15. The van der Waals surface area contributed by atoms with Crippen LogP contribution in [0.2, 0.25) is 0 Å². The van der Waals surface area contributed by atoms with Gasteiger partial charge < -0.3 is 4.90 Å². The van der Waals surface area contributed by atoms with Gasteiger partial charge in [-0.25, -0.2) is 0 Å². The van der Waals surface area contributed by atoms with E-state index in [1.54, 1.807) is 16.7 Å². The number of benzene rings is 1. The lowest BCUT2D eigenvalue weighted by atomic mass is 9.81. The van der Waals surface area contributed by atoms with E-state index >= 15 is 0 Å². The first-order valence-electron chi connectivity index (χ1n) is 8.00. The minimum Gasteiger partial charge on any atom is -0.302 e. The molecule has 0 bridgehead atoms. The number of nitrogens with zero attached hydrogens (tertiary/aromatic N) is 1. The van der Waals surface area contributed by atoms with Crippen LogP contribution in [0.1, 0.15) is 58.2 Å². The minimum absolute atomic E-state index is 0.255. The molecule has 112 valence electrons. The van der Waals surface area contributed by atoms with Gasteiger partial charge in [0, 0.05) is 19.6 Å². The summed E-state index contributed by atoms with van der Waals surface area (Å²) in [6.45, 7) is 17.6. The minimum atomic E-state index is 0.255. The zero-order valence-electron chi connectivity index (χ0n) is 14.2. The van der Waals surface area contributed by atoms with Crippen molar-refractivity contribution in [3.05, 3.63) is 34.9 Å². The van der Waals surface area contributed by atoms with Crippen LogP contribution < -0.4 is 0 Å². The van der Waals surface area contributed by atoms with Gasteiger partial charge in [0.05, 0.1) is 0 Å². The average Bonchev–Trinajstić information content (AvgIpc) is 2.48. The van der Waals surface area contributed by atoms with E-state index in [-0.39, 0.29) is 5.41 Å². The van der Waals surface area contributed by atoms with Gasteiger partial charge in [0.2, 0.25) is 0 Å². The van der Waals surface area contributed by atoms with Crippen molar-refractivity contribution >= 4 is 0 Å². The Bertz CT molecular complexity index is 460. The number of fused-ring (bicyclic) bond motifs is 1. The second kappa shape index (κ2) is 5.52. The summed E-state index contributed by atoms with van der Waals surface area (Å²) in [6, 6.07) is 6.92. The van der Waals surface area contributed by atoms with E-state index in [0.717, 1.165) is 0 Å². The molecule has 0 atom stereocenters. The SMILES string of the molecule is CC(C)(C)CN1CCc2cccc(C(C)(C)C)c2CC1. The molecule has 1 heterocycles. The van der Waals surface area contributed by atoms with E-state index in [2.05, 4.69) is 64.6 Å². The maximum absolute atomic E-state index is 2.65. The first-order chi connectivity index (χ1) is 9.17. The molecule has 0 amide bonds. The fourth-order valence-electron chi connectivity index (χ4n) is 3.36. The lowest BCUT2D eigenvalue weighted by Crippen LogP contribution is -2.34. The van der Waals surface area contributed by atoms with Gasteiger partial charge in [-0.3, -0.25) is 0 Å². The predicted octanol–water partition coefficient (Wildman–Crippen LogP) is 4.43. The highest BCUT2D eigenvalue weighted by Crippen LogP contribution is 2.30. The number of hydrogen-bond acceptors (Lipinski definition) is 1. The van der Waals surface area contributed by atoms with Crippen molar-refractivity contribution in [3.63, 3.8) is 0 Å². The van der Waals surface area contributed by atoms with Gasteiger partial charge in [-0.15, -0.1) is 0 Å². The molecule has 1 aromatic carbocycles. The average molecular weight is 273 g/mol. The Morgan fingerprint density at radius 1 is 0.950 bits per heavy atom. The van der Waals surface area contributed by atoms with Crippen molar-refractivity contribution < 1.29 is 0 Å². The third-order valence-electron chi connectivity index (χ3n) is 4.15. The first-order valence-corrected chi connectivity index (χ1v) is 8.00. The maximum atomic E-state index is 2.65. The summed E-state index contributed by atoms with van der Waals surface area (Å²) in [5, 5.41) is 0. The normalized spacial score (nSPS) is 17.7. The van der Waals surface area contributed by atoms with Gasteiger partial charge >= 0.3 is 0 Å². The molecular formula is C19H31N. The van der Waals surface area contributed by atoms with Crippen LogP contribution in [0.4, 0.5) is 0 Å². The molecule has 0 saturated carbocycles. The Kier molecular flexibility index (Phi) is 4.30. The van der Waals surface area contributed by atoms with Gasteiger partial charge in [-0.2, -0.15) is 0 Å². The summed E-state index contributed by atoms with van der Waals surface area (Å²) in [7, 11) is 0. The van der Waals surface area contributed by atoms with E-state index in [0.29, 0.717) is 5.41 Å². The molecule has 1 nitrogen and oxygen atoms in total. The maximum Gasteiger partial charge on any atom is 0.00303 e. The van der Waals surface area contributed by atoms with E-state index in [9.17, 15) is 0 Å². The Balaban J connectivity index is 2.22. The van der Waals surface area contributed by atoms with Crippen molar-refractivity contribution in [1.82, 2.24) is 4.90 Å². The molecule has 1 aromatic rings. The Morgan fingerprint density at radius 3 is 2.20 bits per heavy atom. The summed E-state index contributed by atoms with van der Waals surface area (Å²) in [5.74, 6) is 0. The highest BCUT2D eigenvalue weighted by molar-refractivity contribution is 5.40. The van der Waals surface area contributed by atoms with Crippen molar-refractivity contribution in [2.24, 2.45) is 5.41 Å². The molecule has 0 aliphatic carbocycles. The molecule has 0 unspecified atom stereocenters. The molecule has 20 heavy (non-hydrogen) atoms. The lowest BCUT2D eigenvalue weighted by Gasteiger charge is -2.28. The smallest absolute Gasteiger partial charge is 0.00303 e. The molecule has 1 aliphatic heterocycles. The monoisotopic (exact) mass is 273 g/mol. The first kappa shape index (κ1) is 15.6. The van der Waals surface area contributed by atoms with Crippen LogP contribution in [-0.2, 0) is 18.3 Å². The van der Waals surface area contributed by atoms with Crippen LogP contribution >= 0.6 is 0 Å². The topological polar surface area (TPSA) is 3.24 Å². The number of hydrogen-bond donors (Lipinski definition) is 0. The van der Waals surface area contributed by atoms with Crippen LogP contribution in [0.25, 0.3) is 0 Å². The van der Waals surface area contributed by atoms with Gasteiger partial charge in [0.25, 0.3) is 0 Å².